The second-order valence-electron chi connectivity index (χ2n) is 6.46. The van der Waals surface area contributed by atoms with Crippen LogP contribution in [0.25, 0.3) is 0 Å². The van der Waals surface area contributed by atoms with Gasteiger partial charge in [0, 0.05) is 32.1 Å². The van der Waals surface area contributed by atoms with Crippen LogP contribution in [0.4, 0.5) is 0 Å². The Kier molecular flexibility index (Phi) is 5.22. The molecular formula is C15H29N3O. The minimum atomic E-state index is 0.207. The fourth-order valence-corrected chi connectivity index (χ4v) is 3.36. The van der Waals surface area contributed by atoms with Gasteiger partial charge in [0.05, 0.1) is 0 Å². The number of likely N-dealkylation sites (N-methyl/N-ethyl adjacent to an activating group) is 1. The molecule has 0 aromatic carbocycles. The van der Waals surface area contributed by atoms with Gasteiger partial charge in [-0.25, -0.2) is 0 Å². The van der Waals surface area contributed by atoms with Crippen LogP contribution in [0.3, 0.4) is 0 Å². The average Bonchev–Trinajstić information content (AvgIpc) is 2.91. The molecule has 0 aromatic rings. The molecule has 2 N–H and O–H groups in total. The number of hydrogen-bond acceptors (Lipinski definition) is 3. The van der Waals surface area contributed by atoms with E-state index in [-0.39, 0.29) is 5.92 Å². The number of likely N-dealkylation sites (tertiary alicyclic amines) is 1. The molecule has 0 bridgehead atoms. The van der Waals surface area contributed by atoms with E-state index in [1.165, 1.54) is 25.9 Å². The minimum Gasteiger partial charge on any atom is -0.344 e. The van der Waals surface area contributed by atoms with Crippen molar-refractivity contribution in [1.29, 1.82) is 0 Å². The minimum absolute atomic E-state index is 0.207. The number of nitrogens with two attached hydrogens (primary N) is 1. The van der Waals surface area contributed by atoms with E-state index >= 15 is 0 Å². The zero-order valence-corrected chi connectivity index (χ0v) is 12.5. The molecule has 1 aliphatic heterocycles. The normalized spacial score (nSPS) is 32.5. The molecule has 4 nitrogen and oxygen atoms in total. The van der Waals surface area contributed by atoms with Crippen LogP contribution in [0.5, 0.6) is 0 Å². The van der Waals surface area contributed by atoms with Crippen molar-refractivity contribution in [2.75, 3.05) is 33.2 Å². The number of nitrogens with zero attached hydrogens (tertiary/aromatic N) is 2. The molecule has 2 rings (SSSR count). The van der Waals surface area contributed by atoms with E-state index in [0.29, 0.717) is 17.9 Å². The zero-order chi connectivity index (χ0) is 13.8. The third kappa shape index (κ3) is 3.93. The van der Waals surface area contributed by atoms with Gasteiger partial charge in [-0.15, -0.1) is 0 Å². The summed E-state index contributed by atoms with van der Waals surface area (Å²) in [5.74, 6) is 1.02. The summed E-state index contributed by atoms with van der Waals surface area (Å²) in [6.07, 6.45) is 5.56. The van der Waals surface area contributed by atoms with Crippen LogP contribution in [0.1, 0.15) is 39.0 Å². The number of rotatable bonds is 4. The zero-order valence-electron chi connectivity index (χ0n) is 12.5. The maximum atomic E-state index is 12.4. The molecule has 2 aliphatic rings. The molecule has 1 saturated heterocycles. The van der Waals surface area contributed by atoms with Crippen LogP contribution in [-0.2, 0) is 4.79 Å². The lowest BCUT2D eigenvalue weighted by atomic mass is 9.79. The van der Waals surface area contributed by atoms with E-state index in [9.17, 15) is 4.79 Å². The highest BCUT2D eigenvalue weighted by Crippen LogP contribution is 2.29. The molecule has 0 radical (unpaired) electrons. The second-order valence-corrected chi connectivity index (χ2v) is 6.46. The predicted octanol–water partition coefficient (Wildman–Crippen LogP) is 1.30. The molecule has 1 heterocycles. The summed E-state index contributed by atoms with van der Waals surface area (Å²) in [5, 5.41) is 0. The number of hydrogen-bond donors (Lipinski definition) is 1. The third-order valence-corrected chi connectivity index (χ3v) is 4.91. The largest absolute Gasteiger partial charge is 0.344 e. The summed E-state index contributed by atoms with van der Waals surface area (Å²) in [4.78, 5) is 16.8. The first-order chi connectivity index (χ1) is 9.08. The third-order valence-electron chi connectivity index (χ3n) is 4.91. The monoisotopic (exact) mass is 267 g/mol. The van der Waals surface area contributed by atoms with Gasteiger partial charge in [0.1, 0.15) is 0 Å². The molecule has 0 spiro atoms. The second kappa shape index (κ2) is 6.71. The smallest absolute Gasteiger partial charge is 0.225 e. The van der Waals surface area contributed by atoms with Gasteiger partial charge in [0.2, 0.25) is 5.91 Å². The highest BCUT2D eigenvalue weighted by Gasteiger charge is 2.31. The van der Waals surface area contributed by atoms with Gasteiger partial charge in [0.25, 0.3) is 0 Å². The highest BCUT2D eigenvalue weighted by molar-refractivity contribution is 5.78. The van der Waals surface area contributed by atoms with Gasteiger partial charge in [-0.1, -0.05) is 6.92 Å². The average molecular weight is 267 g/mol. The molecule has 3 unspecified atom stereocenters. The van der Waals surface area contributed by atoms with Gasteiger partial charge >= 0.3 is 0 Å². The summed E-state index contributed by atoms with van der Waals surface area (Å²) in [5.41, 5.74) is 6.03. The summed E-state index contributed by atoms with van der Waals surface area (Å²) in [7, 11) is 1.96. The molecule has 110 valence electrons. The molecule has 3 atom stereocenters. The number of carbonyl (C=O) groups excluding carboxylic acids is 1. The topological polar surface area (TPSA) is 49.6 Å². The predicted molar refractivity (Wildman–Crippen MR) is 77.8 cm³/mol. The Balaban J connectivity index is 1.75. The van der Waals surface area contributed by atoms with Crippen molar-refractivity contribution < 1.29 is 4.79 Å². The summed E-state index contributed by atoms with van der Waals surface area (Å²) in [6.45, 7) is 6.49. The van der Waals surface area contributed by atoms with Crippen LogP contribution in [-0.4, -0.2) is 55.0 Å². The van der Waals surface area contributed by atoms with E-state index in [1.807, 2.05) is 11.9 Å². The van der Waals surface area contributed by atoms with Gasteiger partial charge in [0.15, 0.2) is 0 Å². The molecule has 4 heteroatoms. The Morgan fingerprint density at radius 1 is 1.32 bits per heavy atom. The van der Waals surface area contributed by atoms with Crippen molar-refractivity contribution in [3.63, 3.8) is 0 Å². The molecule has 1 saturated carbocycles. The summed E-state index contributed by atoms with van der Waals surface area (Å²) >= 11 is 0. The van der Waals surface area contributed by atoms with Gasteiger partial charge in [-0.05, 0) is 51.1 Å². The maximum absolute atomic E-state index is 12.4. The molecule has 1 amide bonds. The van der Waals surface area contributed by atoms with Crippen molar-refractivity contribution in [2.24, 2.45) is 17.6 Å². The molecule has 0 aromatic heterocycles. The lowest BCUT2D eigenvalue weighted by Crippen LogP contribution is -2.43. The van der Waals surface area contributed by atoms with Crippen molar-refractivity contribution in [3.8, 4) is 0 Å². The van der Waals surface area contributed by atoms with Crippen molar-refractivity contribution in [3.05, 3.63) is 0 Å². The van der Waals surface area contributed by atoms with Crippen molar-refractivity contribution in [1.82, 2.24) is 9.80 Å². The van der Waals surface area contributed by atoms with E-state index in [1.54, 1.807) is 0 Å². The first-order valence-electron chi connectivity index (χ1n) is 7.81. The Bertz CT molecular complexity index is 302. The van der Waals surface area contributed by atoms with Gasteiger partial charge in [-0.3, -0.25) is 4.79 Å². The number of carbonyl (C=O) groups is 1. The first-order valence-corrected chi connectivity index (χ1v) is 7.81. The Morgan fingerprint density at radius 3 is 2.63 bits per heavy atom. The van der Waals surface area contributed by atoms with Crippen LogP contribution in [0, 0.1) is 11.8 Å². The quantitative estimate of drug-likeness (QED) is 0.835. The van der Waals surface area contributed by atoms with Gasteiger partial charge in [-0.2, -0.15) is 0 Å². The molecular weight excluding hydrogens is 238 g/mol. The Labute approximate surface area is 117 Å². The standard InChI is InChI=1S/C15H29N3O/c1-12-11-13(5-6-14(12)16)15(19)17(2)9-10-18-7-3-4-8-18/h12-14H,3-11,16H2,1-2H3. The Morgan fingerprint density at radius 2 is 2.00 bits per heavy atom. The molecule has 1 aliphatic carbocycles. The van der Waals surface area contributed by atoms with Crippen LogP contribution < -0.4 is 5.73 Å². The van der Waals surface area contributed by atoms with E-state index in [4.69, 9.17) is 5.73 Å². The molecule has 19 heavy (non-hydrogen) atoms. The first kappa shape index (κ1) is 14.8. The van der Waals surface area contributed by atoms with E-state index in [2.05, 4.69) is 11.8 Å². The Hall–Kier alpha value is -0.610. The van der Waals surface area contributed by atoms with E-state index < -0.39 is 0 Å². The fraction of sp³-hybridized carbons (Fsp3) is 0.933. The van der Waals surface area contributed by atoms with Crippen molar-refractivity contribution >= 4 is 5.91 Å². The van der Waals surface area contributed by atoms with E-state index in [0.717, 1.165) is 32.4 Å². The van der Waals surface area contributed by atoms with Crippen LogP contribution >= 0.6 is 0 Å². The van der Waals surface area contributed by atoms with Crippen molar-refractivity contribution in [2.45, 2.75) is 45.1 Å². The highest BCUT2D eigenvalue weighted by atomic mass is 16.2. The lowest BCUT2D eigenvalue weighted by molar-refractivity contribution is -0.136. The SMILES string of the molecule is CC1CC(C(=O)N(C)CCN2CCCC2)CCC1N. The number of amides is 1. The van der Waals surface area contributed by atoms with Gasteiger partial charge < -0.3 is 15.5 Å². The summed E-state index contributed by atoms with van der Waals surface area (Å²) < 4.78 is 0. The lowest BCUT2D eigenvalue weighted by Gasteiger charge is -2.33. The van der Waals surface area contributed by atoms with Crippen LogP contribution in [0.2, 0.25) is 0 Å². The fourth-order valence-electron chi connectivity index (χ4n) is 3.36. The summed E-state index contributed by atoms with van der Waals surface area (Å²) in [6, 6.07) is 0.291. The molecule has 2 fully saturated rings. The van der Waals surface area contributed by atoms with Crippen LogP contribution in [0.15, 0.2) is 0 Å². The maximum Gasteiger partial charge on any atom is 0.225 e.